The van der Waals surface area contributed by atoms with Gasteiger partial charge in [0, 0.05) is 19.2 Å². The summed E-state index contributed by atoms with van der Waals surface area (Å²) >= 11 is 0. The van der Waals surface area contributed by atoms with Crippen LogP contribution in [0.1, 0.15) is 29.3 Å². The summed E-state index contributed by atoms with van der Waals surface area (Å²) in [4.78, 5) is 35.3. The highest BCUT2D eigenvalue weighted by molar-refractivity contribution is 5.89. The van der Waals surface area contributed by atoms with E-state index in [9.17, 15) is 14.4 Å². The lowest BCUT2D eigenvalue weighted by Gasteiger charge is -2.30. The van der Waals surface area contributed by atoms with E-state index in [1.807, 2.05) is 4.90 Å². The second kappa shape index (κ2) is 6.25. The van der Waals surface area contributed by atoms with Crippen LogP contribution in [0.3, 0.4) is 0 Å². The van der Waals surface area contributed by atoms with E-state index in [1.165, 1.54) is 13.0 Å². The summed E-state index contributed by atoms with van der Waals surface area (Å²) in [5, 5.41) is 9.00. The standard InChI is InChI=1S/C14H17N3O4/c1-9(18)15-16-13(19)8-17-6-2-3-10-7-11(14(20)21)4-5-12(10)17/h4-5,7H,2-3,6,8H2,1H3,(H,15,18)(H,16,19)(H,20,21). The normalized spacial score (nSPS) is 13.3. The maximum absolute atomic E-state index is 11.7. The fraction of sp³-hybridized carbons (Fsp3) is 0.357. The molecule has 1 aliphatic rings. The summed E-state index contributed by atoms with van der Waals surface area (Å²) in [7, 11) is 0. The summed E-state index contributed by atoms with van der Waals surface area (Å²) in [5.74, 6) is -1.62. The number of rotatable bonds is 3. The van der Waals surface area contributed by atoms with Gasteiger partial charge in [0.1, 0.15) is 0 Å². The van der Waals surface area contributed by atoms with E-state index in [0.717, 1.165) is 24.1 Å². The number of carboxylic acid groups (broad SMARTS) is 1. The van der Waals surface area contributed by atoms with Crippen LogP contribution >= 0.6 is 0 Å². The Morgan fingerprint density at radius 1 is 1.29 bits per heavy atom. The number of fused-ring (bicyclic) bond motifs is 1. The van der Waals surface area contributed by atoms with Gasteiger partial charge in [-0.25, -0.2) is 4.79 Å². The summed E-state index contributed by atoms with van der Waals surface area (Å²) in [5.41, 5.74) is 6.59. The number of carbonyl (C=O) groups excluding carboxylic acids is 2. The second-order valence-electron chi connectivity index (χ2n) is 4.90. The second-order valence-corrected chi connectivity index (χ2v) is 4.90. The fourth-order valence-corrected chi connectivity index (χ4v) is 2.34. The van der Waals surface area contributed by atoms with Crippen molar-refractivity contribution in [1.29, 1.82) is 0 Å². The molecule has 1 aromatic carbocycles. The summed E-state index contributed by atoms with van der Waals surface area (Å²) in [6.45, 7) is 2.14. The molecule has 0 atom stereocenters. The molecule has 7 nitrogen and oxygen atoms in total. The van der Waals surface area contributed by atoms with Gasteiger partial charge in [0.25, 0.3) is 5.91 Å². The molecule has 0 saturated heterocycles. The lowest BCUT2D eigenvalue weighted by molar-refractivity contribution is -0.127. The van der Waals surface area contributed by atoms with Gasteiger partial charge in [-0.3, -0.25) is 20.4 Å². The first-order valence-electron chi connectivity index (χ1n) is 6.64. The van der Waals surface area contributed by atoms with Crippen molar-refractivity contribution in [2.75, 3.05) is 18.0 Å². The molecule has 0 aromatic heterocycles. The maximum Gasteiger partial charge on any atom is 0.335 e. The molecule has 2 amide bonds. The van der Waals surface area contributed by atoms with Crippen molar-refractivity contribution in [3.8, 4) is 0 Å². The van der Waals surface area contributed by atoms with E-state index < -0.39 is 5.97 Å². The molecule has 0 fully saturated rings. The smallest absolute Gasteiger partial charge is 0.335 e. The number of amides is 2. The van der Waals surface area contributed by atoms with Crippen molar-refractivity contribution in [2.45, 2.75) is 19.8 Å². The lowest BCUT2D eigenvalue weighted by Crippen LogP contribution is -2.46. The largest absolute Gasteiger partial charge is 0.478 e. The van der Waals surface area contributed by atoms with Gasteiger partial charge in [-0.15, -0.1) is 0 Å². The number of benzene rings is 1. The highest BCUT2D eigenvalue weighted by atomic mass is 16.4. The average molecular weight is 291 g/mol. The van der Waals surface area contributed by atoms with E-state index in [0.29, 0.717) is 6.54 Å². The Kier molecular flexibility index (Phi) is 4.42. The number of aromatic carboxylic acids is 1. The van der Waals surface area contributed by atoms with Crippen molar-refractivity contribution in [3.05, 3.63) is 29.3 Å². The highest BCUT2D eigenvalue weighted by Gasteiger charge is 2.20. The van der Waals surface area contributed by atoms with Gasteiger partial charge in [-0.05, 0) is 36.6 Å². The Morgan fingerprint density at radius 3 is 2.71 bits per heavy atom. The molecule has 7 heteroatoms. The number of nitrogens with one attached hydrogen (secondary N) is 2. The monoisotopic (exact) mass is 291 g/mol. The molecule has 1 aromatic rings. The van der Waals surface area contributed by atoms with Gasteiger partial charge in [-0.2, -0.15) is 0 Å². The van der Waals surface area contributed by atoms with Crippen LogP contribution in [-0.4, -0.2) is 36.0 Å². The summed E-state index contributed by atoms with van der Waals surface area (Å²) < 4.78 is 0. The first kappa shape index (κ1) is 14.8. The molecule has 112 valence electrons. The number of hydrogen-bond donors (Lipinski definition) is 3. The van der Waals surface area contributed by atoms with Gasteiger partial charge in [0.2, 0.25) is 5.91 Å². The zero-order valence-corrected chi connectivity index (χ0v) is 11.7. The number of carboxylic acids is 1. The Balaban J connectivity index is 2.09. The maximum atomic E-state index is 11.7. The molecule has 21 heavy (non-hydrogen) atoms. The third kappa shape index (κ3) is 3.71. The number of aryl methyl sites for hydroxylation is 1. The van der Waals surface area contributed by atoms with Gasteiger partial charge in [0.15, 0.2) is 0 Å². The topological polar surface area (TPSA) is 98.7 Å². The van der Waals surface area contributed by atoms with E-state index in [4.69, 9.17) is 5.11 Å². The molecule has 1 aliphatic heterocycles. The van der Waals surface area contributed by atoms with Crippen LogP contribution in [0.25, 0.3) is 0 Å². The first-order chi connectivity index (χ1) is 9.97. The first-order valence-corrected chi connectivity index (χ1v) is 6.64. The van der Waals surface area contributed by atoms with Crippen LogP contribution in [-0.2, 0) is 16.0 Å². The molecule has 1 heterocycles. The number of hydrogen-bond acceptors (Lipinski definition) is 4. The minimum absolute atomic E-state index is 0.111. The number of nitrogens with zero attached hydrogens (tertiary/aromatic N) is 1. The van der Waals surface area contributed by atoms with Crippen molar-refractivity contribution in [1.82, 2.24) is 10.9 Å². The predicted molar refractivity (Wildman–Crippen MR) is 75.9 cm³/mol. The third-order valence-electron chi connectivity index (χ3n) is 3.25. The molecular formula is C14H17N3O4. The molecule has 0 spiro atoms. The Bertz CT molecular complexity index is 586. The van der Waals surface area contributed by atoms with E-state index in [-0.39, 0.29) is 23.9 Å². The SMILES string of the molecule is CC(=O)NNC(=O)CN1CCCc2cc(C(=O)O)ccc21. The molecule has 0 radical (unpaired) electrons. The van der Waals surface area contributed by atoms with E-state index in [2.05, 4.69) is 10.9 Å². The molecule has 3 N–H and O–H groups in total. The number of hydrazine groups is 1. The molecule has 0 saturated carbocycles. The van der Waals surface area contributed by atoms with Crippen LogP contribution in [0.4, 0.5) is 5.69 Å². The molecule has 0 bridgehead atoms. The van der Waals surface area contributed by atoms with Gasteiger partial charge in [-0.1, -0.05) is 0 Å². The van der Waals surface area contributed by atoms with Gasteiger partial charge >= 0.3 is 5.97 Å². The summed E-state index contributed by atoms with van der Waals surface area (Å²) in [6, 6.07) is 4.91. The van der Waals surface area contributed by atoms with E-state index >= 15 is 0 Å². The quantitative estimate of drug-likeness (QED) is 0.696. The zero-order chi connectivity index (χ0) is 15.4. The van der Waals surface area contributed by atoms with E-state index in [1.54, 1.807) is 12.1 Å². The zero-order valence-electron chi connectivity index (χ0n) is 11.7. The van der Waals surface area contributed by atoms with Crippen LogP contribution in [0, 0.1) is 0 Å². The van der Waals surface area contributed by atoms with Crippen LogP contribution in [0.15, 0.2) is 18.2 Å². The predicted octanol–water partition coefficient (Wildman–Crippen LogP) is 0.305. The number of anilines is 1. The minimum atomic E-state index is -0.960. The molecular weight excluding hydrogens is 274 g/mol. The average Bonchev–Trinajstić information content (AvgIpc) is 2.45. The molecule has 0 unspecified atom stereocenters. The van der Waals surface area contributed by atoms with Crippen molar-refractivity contribution in [2.24, 2.45) is 0 Å². The van der Waals surface area contributed by atoms with Crippen LogP contribution in [0.2, 0.25) is 0 Å². The lowest BCUT2D eigenvalue weighted by atomic mass is 9.99. The molecule has 0 aliphatic carbocycles. The van der Waals surface area contributed by atoms with Crippen molar-refractivity contribution in [3.63, 3.8) is 0 Å². The molecule has 2 rings (SSSR count). The minimum Gasteiger partial charge on any atom is -0.478 e. The highest BCUT2D eigenvalue weighted by Crippen LogP contribution is 2.27. The summed E-state index contributed by atoms with van der Waals surface area (Å²) in [6.07, 6.45) is 1.64. The van der Waals surface area contributed by atoms with Crippen LogP contribution < -0.4 is 15.8 Å². The van der Waals surface area contributed by atoms with Crippen LogP contribution in [0.5, 0.6) is 0 Å². The van der Waals surface area contributed by atoms with Gasteiger partial charge < -0.3 is 10.0 Å². The van der Waals surface area contributed by atoms with Crippen molar-refractivity contribution < 1.29 is 19.5 Å². The van der Waals surface area contributed by atoms with Crippen molar-refractivity contribution >= 4 is 23.5 Å². The Morgan fingerprint density at radius 2 is 2.05 bits per heavy atom. The fourth-order valence-electron chi connectivity index (χ4n) is 2.34. The third-order valence-corrected chi connectivity index (χ3v) is 3.25. The van der Waals surface area contributed by atoms with Gasteiger partial charge in [0.05, 0.1) is 12.1 Å². The Hall–Kier alpha value is -2.57. The Labute approximate surface area is 121 Å². The number of carbonyl (C=O) groups is 3.